The molecule has 0 atom stereocenters. The SMILES string of the molecule is Cn1cc(CN(Cc2ccccc2)CC(C)(C)O)cn1. The second kappa shape index (κ2) is 6.20. The molecular weight excluding hydrogens is 250 g/mol. The Balaban J connectivity index is 2.08. The Hall–Kier alpha value is -1.65. The summed E-state index contributed by atoms with van der Waals surface area (Å²) in [5, 5.41) is 14.3. The highest BCUT2D eigenvalue weighted by atomic mass is 16.3. The van der Waals surface area contributed by atoms with Crippen LogP contribution in [-0.4, -0.2) is 31.9 Å². The molecular formula is C16H23N3O. The van der Waals surface area contributed by atoms with Gasteiger partial charge in [-0.15, -0.1) is 0 Å². The van der Waals surface area contributed by atoms with Crippen molar-refractivity contribution >= 4 is 0 Å². The van der Waals surface area contributed by atoms with Gasteiger partial charge in [0.05, 0.1) is 11.8 Å². The van der Waals surface area contributed by atoms with Crippen LogP contribution in [0.2, 0.25) is 0 Å². The number of nitrogens with zero attached hydrogens (tertiary/aromatic N) is 3. The van der Waals surface area contributed by atoms with E-state index in [2.05, 4.69) is 22.1 Å². The molecule has 0 fully saturated rings. The van der Waals surface area contributed by atoms with E-state index in [-0.39, 0.29) is 0 Å². The number of aromatic nitrogens is 2. The van der Waals surface area contributed by atoms with Crippen molar-refractivity contribution in [2.24, 2.45) is 7.05 Å². The third-order valence-corrected chi connectivity index (χ3v) is 3.02. The van der Waals surface area contributed by atoms with Crippen LogP contribution in [0, 0.1) is 0 Å². The van der Waals surface area contributed by atoms with Crippen LogP contribution in [0.1, 0.15) is 25.0 Å². The summed E-state index contributed by atoms with van der Waals surface area (Å²) >= 11 is 0. The minimum absolute atomic E-state index is 0.622. The molecule has 1 aromatic carbocycles. The van der Waals surface area contributed by atoms with Gasteiger partial charge in [-0.2, -0.15) is 5.10 Å². The summed E-state index contributed by atoms with van der Waals surface area (Å²) in [6.07, 6.45) is 3.89. The molecule has 0 spiro atoms. The molecule has 20 heavy (non-hydrogen) atoms. The molecule has 0 aliphatic rings. The summed E-state index contributed by atoms with van der Waals surface area (Å²) < 4.78 is 1.81. The third kappa shape index (κ3) is 4.79. The molecule has 0 amide bonds. The van der Waals surface area contributed by atoms with Gasteiger partial charge in [0, 0.05) is 38.4 Å². The molecule has 0 radical (unpaired) electrons. The van der Waals surface area contributed by atoms with Crippen molar-refractivity contribution in [1.82, 2.24) is 14.7 Å². The molecule has 4 nitrogen and oxygen atoms in total. The van der Waals surface area contributed by atoms with Crippen LogP contribution < -0.4 is 0 Å². The number of aryl methyl sites for hydroxylation is 1. The Kier molecular flexibility index (Phi) is 4.57. The van der Waals surface area contributed by atoms with Crippen LogP contribution in [0.5, 0.6) is 0 Å². The van der Waals surface area contributed by atoms with Crippen molar-refractivity contribution in [2.45, 2.75) is 32.5 Å². The lowest BCUT2D eigenvalue weighted by molar-refractivity contribution is 0.0307. The number of hydrogen-bond acceptors (Lipinski definition) is 3. The second-order valence-electron chi connectivity index (χ2n) is 5.97. The first-order chi connectivity index (χ1) is 9.42. The Morgan fingerprint density at radius 1 is 1.15 bits per heavy atom. The minimum Gasteiger partial charge on any atom is -0.389 e. The normalized spacial score (nSPS) is 12.1. The van der Waals surface area contributed by atoms with E-state index in [1.807, 2.05) is 51.5 Å². The summed E-state index contributed by atoms with van der Waals surface area (Å²) in [5.41, 5.74) is 1.70. The summed E-state index contributed by atoms with van der Waals surface area (Å²) in [5.74, 6) is 0. The van der Waals surface area contributed by atoms with E-state index in [1.54, 1.807) is 4.68 Å². The van der Waals surface area contributed by atoms with Crippen LogP contribution in [0.15, 0.2) is 42.7 Å². The standard InChI is InChI=1S/C16H23N3O/c1-16(2,20)13-19(11-14-7-5-4-6-8-14)12-15-9-17-18(3)10-15/h4-10,20H,11-13H2,1-3H3. The molecule has 1 N–H and O–H groups in total. The highest BCUT2D eigenvalue weighted by Gasteiger charge is 2.19. The van der Waals surface area contributed by atoms with Gasteiger partial charge < -0.3 is 5.11 Å². The van der Waals surface area contributed by atoms with E-state index in [9.17, 15) is 5.11 Å². The Morgan fingerprint density at radius 3 is 2.35 bits per heavy atom. The fourth-order valence-corrected chi connectivity index (χ4v) is 2.37. The fourth-order valence-electron chi connectivity index (χ4n) is 2.37. The second-order valence-corrected chi connectivity index (χ2v) is 5.97. The summed E-state index contributed by atoms with van der Waals surface area (Å²) in [6, 6.07) is 10.3. The maximum absolute atomic E-state index is 10.1. The van der Waals surface area contributed by atoms with Gasteiger partial charge in [0.2, 0.25) is 0 Å². The fraction of sp³-hybridized carbons (Fsp3) is 0.438. The van der Waals surface area contributed by atoms with Gasteiger partial charge >= 0.3 is 0 Å². The Bertz CT molecular complexity index is 528. The molecule has 0 aliphatic heterocycles. The van der Waals surface area contributed by atoms with Crippen molar-refractivity contribution in [2.75, 3.05) is 6.54 Å². The number of hydrogen-bond donors (Lipinski definition) is 1. The average Bonchev–Trinajstić information content (AvgIpc) is 2.74. The molecule has 0 bridgehead atoms. The highest BCUT2D eigenvalue weighted by Crippen LogP contribution is 2.13. The molecule has 0 aliphatic carbocycles. The first-order valence-corrected chi connectivity index (χ1v) is 6.88. The molecule has 0 saturated carbocycles. The van der Waals surface area contributed by atoms with Gasteiger partial charge in [0.25, 0.3) is 0 Å². The molecule has 4 heteroatoms. The zero-order valence-electron chi connectivity index (χ0n) is 12.5. The molecule has 0 saturated heterocycles. The number of benzene rings is 1. The van der Waals surface area contributed by atoms with Crippen molar-refractivity contribution in [3.05, 3.63) is 53.9 Å². The summed E-state index contributed by atoms with van der Waals surface area (Å²) in [6.45, 7) is 5.91. The van der Waals surface area contributed by atoms with Gasteiger partial charge in [0.1, 0.15) is 0 Å². The lowest BCUT2D eigenvalue weighted by Crippen LogP contribution is -2.37. The zero-order valence-corrected chi connectivity index (χ0v) is 12.5. The third-order valence-electron chi connectivity index (χ3n) is 3.02. The topological polar surface area (TPSA) is 41.3 Å². The van der Waals surface area contributed by atoms with Crippen molar-refractivity contribution in [3.63, 3.8) is 0 Å². The molecule has 0 unspecified atom stereocenters. The lowest BCUT2D eigenvalue weighted by atomic mass is 10.1. The van der Waals surface area contributed by atoms with E-state index in [0.29, 0.717) is 6.54 Å². The first kappa shape index (κ1) is 14.8. The smallest absolute Gasteiger partial charge is 0.0718 e. The van der Waals surface area contributed by atoms with Crippen LogP contribution in [0.3, 0.4) is 0 Å². The molecule has 108 valence electrons. The monoisotopic (exact) mass is 273 g/mol. The van der Waals surface area contributed by atoms with E-state index in [4.69, 9.17) is 0 Å². The van der Waals surface area contributed by atoms with E-state index < -0.39 is 5.60 Å². The van der Waals surface area contributed by atoms with Crippen molar-refractivity contribution in [1.29, 1.82) is 0 Å². The van der Waals surface area contributed by atoms with E-state index >= 15 is 0 Å². The molecule has 2 rings (SSSR count). The number of aliphatic hydroxyl groups is 1. The van der Waals surface area contributed by atoms with Gasteiger partial charge in [-0.05, 0) is 19.4 Å². The zero-order chi connectivity index (χ0) is 14.6. The Labute approximate surface area is 120 Å². The van der Waals surface area contributed by atoms with Gasteiger partial charge in [-0.1, -0.05) is 30.3 Å². The largest absolute Gasteiger partial charge is 0.389 e. The number of rotatable bonds is 6. The van der Waals surface area contributed by atoms with Gasteiger partial charge in [-0.3, -0.25) is 9.58 Å². The predicted octanol–water partition coefficient (Wildman–Crippen LogP) is 2.19. The van der Waals surface area contributed by atoms with E-state index in [1.165, 1.54) is 5.56 Å². The minimum atomic E-state index is -0.711. The van der Waals surface area contributed by atoms with Crippen LogP contribution >= 0.6 is 0 Å². The van der Waals surface area contributed by atoms with E-state index in [0.717, 1.165) is 18.7 Å². The van der Waals surface area contributed by atoms with Gasteiger partial charge in [-0.25, -0.2) is 0 Å². The molecule has 2 aromatic rings. The average molecular weight is 273 g/mol. The Morgan fingerprint density at radius 2 is 1.80 bits per heavy atom. The highest BCUT2D eigenvalue weighted by molar-refractivity contribution is 5.15. The first-order valence-electron chi connectivity index (χ1n) is 6.88. The van der Waals surface area contributed by atoms with Crippen LogP contribution in [0.4, 0.5) is 0 Å². The maximum atomic E-state index is 10.1. The predicted molar refractivity (Wildman–Crippen MR) is 80.1 cm³/mol. The maximum Gasteiger partial charge on any atom is 0.0718 e. The van der Waals surface area contributed by atoms with Crippen LogP contribution in [-0.2, 0) is 20.1 Å². The van der Waals surface area contributed by atoms with Crippen LogP contribution in [0.25, 0.3) is 0 Å². The van der Waals surface area contributed by atoms with Crippen molar-refractivity contribution in [3.8, 4) is 0 Å². The quantitative estimate of drug-likeness (QED) is 0.877. The van der Waals surface area contributed by atoms with Crippen molar-refractivity contribution < 1.29 is 5.11 Å². The summed E-state index contributed by atoms with van der Waals surface area (Å²) in [7, 11) is 1.92. The molecule has 1 aromatic heterocycles. The van der Waals surface area contributed by atoms with Gasteiger partial charge in [0.15, 0.2) is 0 Å². The summed E-state index contributed by atoms with van der Waals surface area (Å²) in [4.78, 5) is 2.24. The lowest BCUT2D eigenvalue weighted by Gasteiger charge is -2.28. The molecule has 1 heterocycles.